The van der Waals surface area contributed by atoms with E-state index in [0.717, 1.165) is 12.1 Å². The summed E-state index contributed by atoms with van der Waals surface area (Å²) < 4.78 is 0. The van der Waals surface area contributed by atoms with Crippen LogP contribution in [0.2, 0.25) is 0 Å². The number of aromatic hydroxyl groups is 1. The van der Waals surface area contributed by atoms with Crippen molar-refractivity contribution in [3.8, 4) is 17.6 Å². The maximum absolute atomic E-state index is 10.6. The van der Waals surface area contributed by atoms with Crippen LogP contribution in [0.25, 0.3) is 0 Å². The number of nitro benzene ring substituents is 1. The summed E-state index contributed by atoms with van der Waals surface area (Å²) in [4.78, 5) is 20.6. The highest BCUT2D eigenvalue weighted by molar-refractivity contribution is 5.82. The van der Waals surface area contributed by atoms with Crippen molar-refractivity contribution in [2.45, 2.75) is 0 Å². The molecule has 2 N–H and O–H groups in total. The van der Waals surface area contributed by atoms with E-state index >= 15 is 0 Å². The summed E-state index contributed by atoms with van der Waals surface area (Å²) in [6.07, 6.45) is 0.353. The van der Waals surface area contributed by atoms with Crippen molar-refractivity contribution in [1.29, 1.82) is 0 Å². The lowest BCUT2D eigenvalue weighted by atomic mass is 10.1. The summed E-state index contributed by atoms with van der Waals surface area (Å²) >= 11 is 0. The van der Waals surface area contributed by atoms with Gasteiger partial charge in [0, 0.05) is 12.1 Å². The average Bonchev–Trinajstić information content (AvgIpc) is 2.31. The molecule has 17 heavy (non-hydrogen) atoms. The molecule has 6 heteroatoms. The van der Waals surface area contributed by atoms with Gasteiger partial charge in [0.15, 0.2) is 6.29 Å². The molecule has 0 saturated carbocycles. The van der Waals surface area contributed by atoms with Gasteiger partial charge < -0.3 is 10.4 Å². The number of hydrogen-bond acceptors (Lipinski definition) is 5. The van der Waals surface area contributed by atoms with Crippen molar-refractivity contribution in [2.24, 2.45) is 0 Å². The molecule has 88 valence electrons. The third kappa shape index (κ3) is 3.03. The monoisotopic (exact) mass is 234 g/mol. The molecule has 0 radical (unpaired) electrons. The minimum Gasteiger partial charge on any atom is -0.506 e. The third-order valence-electron chi connectivity index (χ3n) is 1.95. The minimum absolute atomic E-state index is 0.0663. The summed E-state index contributed by atoms with van der Waals surface area (Å²) in [6, 6.07) is 2.14. The van der Waals surface area contributed by atoms with Crippen LogP contribution in [-0.4, -0.2) is 29.9 Å². The van der Waals surface area contributed by atoms with E-state index in [1.807, 2.05) is 0 Å². The van der Waals surface area contributed by atoms with Crippen LogP contribution in [0.5, 0.6) is 5.75 Å². The maximum atomic E-state index is 10.6. The van der Waals surface area contributed by atoms with Crippen LogP contribution in [0, 0.1) is 22.0 Å². The van der Waals surface area contributed by atoms with Crippen molar-refractivity contribution >= 4 is 12.0 Å². The lowest BCUT2D eigenvalue weighted by molar-refractivity contribution is -0.384. The van der Waals surface area contributed by atoms with Gasteiger partial charge in [-0.05, 0) is 7.05 Å². The molecule has 1 rings (SSSR count). The zero-order valence-electron chi connectivity index (χ0n) is 9.06. The first-order valence-corrected chi connectivity index (χ1v) is 4.70. The maximum Gasteiger partial charge on any atom is 0.271 e. The Morgan fingerprint density at radius 2 is 2.29 bits per heavy atom. The summed E-state index contributed by atoms with van der Waals surface area (Å²) in [5.74, 6) is 4.87. The summed E-state index contributed by atoms with van der Waals surface area (Å²) in [6.45, 7) is 0.374. The molecule has 0 unspecified atom stereocenters. The van der Waals surface area contributed by atoms with Gasteiger partial charge >= 0.3 is 0 Å². The fourth-order valence-electron chi connectivity index (χ4n) is 1.16. The molecule has 0 aliphatic rings. The Balaban J connectivity index is 3.29. The number of aldehydes is 1. The van der Waals surface area contributed by atoms with E-state index in [1.165, 1.54) is 0 Å². The Kier molecular flexibility index (Phi) is 4.20. The van der Waals surface area contributed by atoms with Gasteiger partial charge in [-0.15, -0.1) is 0 Å². The van der Waals surface area contributed by atoms with Crippen molar-refractivity contribution in [3.63, 3.8) is 0 Å². The van der Waals surface area contributed by atoms with Crippen molar-refractivity contribution in [1.82, 2.24) is 5.32 Å². The topological polar surface area (TPSA) is 92.5 Å². The van der Waals surface area contributed by atoms with Crippen molar-refractivity contribution in [2.75, 3.05) is 13.6 Å². The highest BCUT2D eigenvalue weighted by Crippen LogP contribution is 2.26. The first kappa shape index (κ1) is 12.7. The highest BCUT2D eigenvalue weighted by Gasteiger charge is 2.14. The van der Waals surface area contributed by atoms with Gasteiger partial charge in [-0.25, -0.2) is 0 Å². The summed E-state index contributed by atoms with van der Waals surface area (Å²) in [7, 11) is 1.69. The second-order valence-corrected chi connectivity index (χ2v) is 3.14. The number of benzene rings is 1. The molecule has 0 aliphatic heterocycles. The van der Waals surface area contributed by atoms with E-state index in [-0.39, 0.29) is 22.6 Å². The Bertz CT molecular complexity index is 514. The highest BCUT2D eigenvalue weighted by atomic mass is 16.6. The number of nitro groups is 1. The molecular formula is C11H10N2O4. The van der Waals surface area contributed by atoms with Gasteiger partial charge in [0.1, 0.15) is 5.75 Å². The first-order chi connectivity index (χ1) is 8.10. The molecular weight excluding hydrogens is 224 g/mol. The Morgan fingerprint density at radius 3 is 2.82 bits per heavy atom. The van der Waals surface area contributed by atoms with Crippen molar-refractivity contribution in [3.05, 3.63) is 33.4 Å². The van der Waals surface area contributed by atoms with Crippen LogP contribution in [-0.2, 0) is 0 Å². The molecule has 0 amide bonds. The van der Waals surface area contributed by atoms with E-state index < -0.39 is 4.92 Å². The second-order valence-electron chi connectivity index (χ2n) is 3.14. The van der Waals surface area contributed by atoms with Gasteiger partial charge in [-0.2, -0.15) is 0 Å². The van der Waals surface area contributed by atoms with E-state index in [1.54, 1.807) is 7.05 Å². The molecule has 0 saturated heterocycles. The molecule has 0 aromatic heterocycles. The molecule has 0 spiro atoms. The van der Waals surface area contributed by atoms with Crippen LogP contribution >= 0.6 is 0 Å². The lowest BCUT2D eigenvalue weighted by Gasteiger charge is -2.00. The number of carbonyl (C=O) groups excluding carboxylic acids is 1. The van der Waals surface area contributed by atoms with Crippen LogP contribution in [0.1, 0.15) is 15.9 Å². The number of nitrogens with zero attached hydrogens (tertiary/aromatic N) is 1. The first-order valence-electron chi connectivity index (χ1n) is 4.70. The zero-order chi connectivity index (χ0) is 12.8. The molecule has 0 fully saturated rings. The Morgan fingerprint density at radius 1 is 1.59 bits per heavy atom. The molecule has 0 bridgehead atoms. The number of rotatable bonds is 3. The van der Waals surface area contributed by atoms with Gasteiger partial charge in [-0.1, -0.05) is 11.8 Å². The fourth-order valence-corrected chi connectivity index (χ4v) is 1.16. The minimum atomic E-state index is -0.643. The Hall–Kier alpha value is -2.39. The van der Waals surface area contributed by atoms with E-state index in [2.05, 4.69) is 17.2 Å². The predicted molar refractivity (Wildman–Crippen MR) is 61.0 cm³/mol. The number of phenols is 1. The smallest absolute Gasteiger partial charge is 0.271 e. The van der Waals surface area contributed by atoms with Gasteiger partial charge in [0.05, 0.1) is 22.6 Å². The van der Waals surface area contributed by atoms with Crippen LogP contribution in [0.4, 0.5) is 5.69 Å². The van der Waals surface area contributed by atoms with E-state index in [0.29, 0.717) is 12.8 Å². The largest absolute Gasteiger partial charge is 0.506 e. The average molecular weight is 234 g/mol. The quantitative estimate of drug-likeness (QED) is 0.347. The normalized spacial score (nSPS) is 9.24. The molecule has 0 aliphatic carbocycles. The van der Waals surface area contributed by atoms with Crippen LogP contribution in [0.15, 0.2) is 12.1 Å². The second kappa shape index (κ2) is 5.63. The molecule has 1 aromatic carbocycles. The van der Waals surface area contributed by atoms with Crippen LogP contribution in [0.3, 0.4) is 0 Å². The van der Waals surface area contributed by atoms with Crippen LogP contribution < -0.4 is 5.32 Å². The van der Waals surface area contributed by atoms with E-state index in [4.69, 9.17) is 0 Å². The van der Waals surface area contributed by atoms with Crippen molar-refractivity contribution < 1.29 is 14.8 Å². The lowest BCUT2D eigenvalue weighted by Crippen LogP contribution is -2.04. The molecule has 6 nitrogen and oxygen atoms in total. The molecule has 0 heterocycles. The number of phenolic OH excluding ortho intramolecular Hbond substituents is 1. The summed E-state index contributed by atoms with van der Waals surface area (Å²) in [5.41, 5.74) is -0.358. The van der Waals surface area contributed by atoms with Gasteiger partial charge in [0.25, 0.3) is 5.69 Å². The number of nitrogens with one attached hydrogen (secondary N) is 1. The zero-order valence-corrected chi connectivity index (χ0v) is 9.06. The van der Waals surface area contributed by atoms with Gasteiger partial charge in [-0.3, -0.25) is 14.9 Å². The fraction of sp³-hybridized carbons (Fsp3) is 0.182. The van der Waals surface area contributed by atoms with Gasteiger partial charge in [0.2, 0.25) is 0 Å². The molecule has 0 atom stereocenters. The Labute approximate surface area is 97.4 Å². The predicted octanol–water partition coefficient (Wildman–Crippen LogP) is 0.684. The summed E-state index contributed by atoms with van der Waals surface area (Å²) in [5, 5.41) is 23.0. The number of hydrogen-bond donors (Lipinski definition) is 2. The third-order valence-corrected chi connectivity index (χ3v) is 1.95. The number of non-ortho nitro benzene ring substituents is 1. The standard InChI is InChI=1S/C11H10N2O4/c1-12-4-2-3-8-5-10(13(16)17)6-9(7-14)11(8)15/h5-7,12,15H,4H2,1H3. The SMILES string of the molecule is CNCC#Cc1cc([N+](=O)[O-])cc(C=O)c1O. The number of carbonyl (C=O) groups is 1. The van der Waals surface area contributed by atoms with E-state index in [9.17, 15) is 20.0 Å². The molecule has 1 aromatic rings.